The van der Waals surface area contributed by atoms with Gasteiger partial charge in [-0.3, -0.25) is 24.0 Å². The van der Waals surface area contributed by atoms with Crippen LogP contribution in [0.25, 0.3) is 10.8 Å². The minimum atomic E-state index is -5.03. The predicted molar refractivity (Wildman–Crippen MR) is 118 cm³/mol. The number of hydrogen-bond acceptors (Lipinski definition) is 11. The van der Waals surface area contributed by atoms with Gasteiger partial charge >= 0.3 is 5.69 Å². The molecule has 0 aliphatic carbocycles. The molecule has 3 aromatic rings. The number of amides is 1. The number of phenolic OH excluding ortho intramolecular Hbond substituents is 2. The first-order chi connectivity index (χ1) is 16.1. The number of azo groups is 1. The number of aromatic hydroxyl groups is 2. The van der Waals surface area contributed by atoms with Crippen molar-refractivity contribution in [2.24, 2.45) is 10.2 Å². The van der Waals surface area contributed by atoms with Gasteiger partial charge < -0.3 is 15.5 Å². The molecule has 15 nitrogen and oxygen atoms in total. The summed E-state index contributed by atoms with van der Waals surface area (Å²) in [6.45, 7) is 1.22. The van der Waals surface area contributed by atoms with Gasteiger partial charge in [0.2, 0.25) is 11.7 Å². The number of nitro groups is 1. The molecule has 0 bridgehead atoms. The molecule has 17 heteroatoms. The molecule has 5 N–H and O–H groups in total. The van der Waals surface area contributed by atoms with Crippen LogP contribution < -0.4 is 5.32 Å². The van der Waals surface area contributed by atoms with Crippen molar-refractivity contribution in [2.45, 2.75) is 16.7 Å². The Morgan fingerprint density at radius 1 is 0.971 bits per heavy atom. The Bertz CT molecular complexity index is 1650. The molecule has 3 aromatic carbocycles. The lowest BCUT2D eigenvalue weighted by Crippen LogP contribution is -2.05. The molecule has 0 radical (unpaired) electrons. The maximum absolute atomic E-state index is 11.9. The Balaban J connectivity index is 2.31. The number of anilines is 1. The van der Waals surface area contributed by atoms with E-state index in [4.69, 9.17) is 0 Å². The van der Waals surface area contributed by atoms with Gasteiger partial charge in [0.05, 0.1) is 4.92 Å². The number of carbonyl (C=O) groups excluding carboxylic acids is 1. The Morgan fingerprint density at radius 3 is 2.17 bits per heavy atom. The van der Waals surface area contributed by atoms with Crippen molar-refractivity contribution in [3.8, 4) is 11.5 Å². The van der Waals surface area contributed by atoms with Gasteiger partial charge in [0.1, 0.15) is 21.2 Å². The van der Waals surface area contributed by atoms with Crippen LogP contribution in [0.2, 0.25) is 0 Å². The summed E-state index contributed by atoms with van der Waals surface area (Å²) in [6, 6.07) is 5.72. The normalized spacial score (nSPS) is 12.2. The topological polar surface area (TPSA) is 246 Å². The number of nitrogens with zero attached hydrogens (tertiary/aromatic N) is 3. The van der Waals surface area contributed by atoms with Gasteiger partial charge in [0, 0.05) is 24.1 Å². The number of fused-ring (bicyclic) bond motifs is 1. The van der Waals surface area contributed by atoms with E-state index in [1.807, 2.05) is 0 Å². The summed E-state index contributed by atoms with van der Waals surface area (Å²) in [5, 5.41) is 41.2. The van der Waals surface area contributed by atoms with E-state index in [2.05, 4.69) is 15.5 Å². The number of benzene rings is 3. The second-order valence-corrected chi connectivity index (χ2v) is 9.72. The Kier molecular flexibility index (Phi) is 6.45. The van der Waals surface area contributed by atoms with E-state index in [9.17, 15) is 51.1 Å². The van der Waals surface area contributed by atoms with Gasteiger partial charge in [0.25, 0.3) is 20.2 Å². The van der Waals surface area contributed by atoms with Gasteiger partial charge in [-0.15, -0.1) is 10.2 Å². The molecular formula is C18H14N4O11S2. The molecule has 0 aliphatic rings. The van der Waals surface area contributed by atoms with Crippen molar-refractivity contribution in [1.29, 1.82) is 0 Å². The van der Waals surface area contributed by atoms with E-state index in [1.165, 1.54) is 25.1 Å². The zero-order valence-electron chi connectivity index (χ0n) is 17.3. The third-order valence-electron chi connectivity index (χ3n) is 4.45. The Morgan fingerprint density at radius 2 is 1.63 bits per heavy atom. The highest BCUT2D eigenvalue weighted by molar-refractivity contribution is 7.86. The summed E-state index contributed by atoms with van der Waals surface area (Å²) in [5.41, 5.74) is -2.73. The molecule has 0 heterocycles. The van der Waals surface area contributed by atoms with Crippen molar-refractivity contribution < 1.29 is 45.9 Å². The van der Waals surface area contributed by atoms with E-state index in [0.29, 0.717) is 12.1 Å². The van der Waals surface area contributed by atoms with E-state index in [-0.39, 0.29) is 16.5 Å². The first kappa shape index (κ1) is 25.4. The van der Waals surface area contributed by atoms with Crippen LogP contribution in [0.5, 0.6) is 11.5 Å². The van der Waals surface area contributed by atoms with E-state index < -0.39 is 69.4 Å². The van der Waals surface area contributed by atoms with Crippen molar-refractivity contribution >= 4 is 59.7 Å². The van der Waals surface area contributed by atoms with E-state index in [0.717, 1.165) is 6.07 Å². The van der Waals surface area contributed by atoms with Crippen molar-refractivity contribution in [3.05, 3.63) is 46.5 Å². The highest BCUT2D eigenvalue weighted by atomic mass is 32.2. The smallest absolute Gasteiger partial charge is 0.314 e. The quantitative estimate of drug-likeness (QED) is 0.135. The standard InChI is InChI=1S/C18H14N4O11S2/c1-8(23)19-10-3-2-9-4-15(35(31,32)33)16(17(24)12(9)5-10)21-20-13-6-11(34(28,29)30)7-14(18(13)25)22(26)27/h2-7,24-25H,1H3,(H,19,23)(H,28,29,30)(H,31,32,33). The second kappa shape index (κ2) is 8.87. The summed E-state index contributed by atoms with van der Waals surface area (Å²) in [4.78, 5) is 19.3. The lowest BCUT2D eigenvalue weighted by molar-refractivity contribution is -0.386. The predicted octanol–water partition coefficient (Wildman–Crippen LogP) is 3.03. The zero-order valence-corrected chi connectivity index (χ0v) is 18.9. The first-order valence-corrected chi connectivity index (χ1v) is 11.9. The summed E-state index contributed by atoms with van der Waals surface area (Å²) in [7, 11) is -10.0. The monoisotopic (exact) mass is 526 g/mol. The highest BCUT2D eigenvalue weighted by Crippen LogP contribution is 2.44. The maximum Gasteiger partial charge on any atom is 0.314 e. The Hall–Kier alpha value is -4.19. The van der Waals surface area contributed by atoms with Crippen LogP contribution in [-0.2, 0) is 25.0 Å². The van der Waals surface area contributed by atoms with Crippen molar-refractivity contribution in [1.82, 2.24) is 0 Å². The van der Waals surface area contributed by atoms with Crippen molar-refractivity contribution in [2.75, 3.05) is 5.32 Å². The van der Waals surface area contributed by atoms with Crippen LogP contribution >= 0.6 is 0 Å². The SMILES string of the molecule is CC(=O)Nc1ccc2cc(S(=O)(=O)O)c(N=Nc3cc(S(=O)(=O)O)cc([N+](=O)[O-])c3O)c(O)c2c1. The molecule has 3 rings (SSSR count). The third-order valence-corrected chi connectivity index (χ3v) is 6.14. The maximum atomic E-state index is 11.9. The lowest BCUT2D eigenvalue weighted by Gasteiger charge is -2.10. The highest BCUT2D eigenvalue weighted by Gasteiger charge is 2.26. The van der Waals surface area contributed by atoms with Gasteiger partial charge in [-0.05, 0) is 29.7 Å². The van der Waals surface area contributed by atoms with Gasteiger partial charge in [-0.1, -0.05) is 6.07 Å². The number of hydrogen-bond donors (Lipinski definition) is 5. The first-order valence-electron chi connectivity index (χ1n) is 9.05. The molecule has 0 fully saturated rings. The molecule has 0 saturated heterocycles. The minimum absolute atomic E-state index is 0.0560. The number of carbonyl (C=O) groups is 1. The summed E-state index contributed by atoms with van der Waals surface area (Å²) in [5.74, 6) is -2.49. The molecule has 0 unspecified atom stereocenters. The average molecular weight is 526 g/mol. The molecule has 0 aliphatic heterocycles. The van der Waals surface area contributed by atoms with Crippen LogP contribution in [0.1, 0.15) is 6.92 Å². The third kappa shape index (κ3) is 5.32. The fourth-order valence-corrected chi connectivity index (χ4v) is 4.14. The molecule has 35 heavy (non-hydrogen) atoms. The van der Waals surface area contributed by atoms with Crippen LogP contribution in [0.15, 0.2) is 56.4 Å². The van der Waals surface area contributed by atoms with E-state index >= 15 is 0 Å². The van der Waals surface area contributed by atoms with Gasteiger partial charge in [-0.25, -0.2) is 0 Å². The zero-order chi connectivity index (χ0) is 26.3. The molecule has 0 atom stereocenters. The molecule has 0 aromatic heterocycles. The largest absolute Gasteiger partial charge is 0.505 e. The summed E-state index contributed by atoms with van der Waals surface area (Å²) < 4.78 is 65.5. The fourth-order valence-electron chi connectivity index (χ4n) is 2.96. The lowest BCUT2D eigenvalue weighted by atomic mass is 10.1. The molecule has 0 saturated carbocycles. The fraction of sp³-hybridized carbons (Fsp3) is 0.0556. The van der Waals surface area contributed by atoms with Crippen LogP contribution in [0.4, 0.5) is 22.7 Å². The van der Waals surface area contributed by atoms with Crippen LogP contribution in [0.3, 0.4) is 0 Å². The molecule has 1 amide bonds. The van der Waals surface area contributed by atoms with Gasteiger partial charge in [-0.2, -0.15) is 16.8 Å². The Labute approximate surface area is 196 Å². The van der Waals surface area contributed by atoms with Gasteiger partial charge in [0.15, 0.2) is 5.75 Å². The van der Waals surface area contributed by atoms with E-state index in [1.54, 1.807) is 0 Å². The number of nitro benzene ring substituents is 1. The van der Waals surface area contributed by atoms with Crippen LogP contribution in [-0.4, -0.2) is 47.0 Å². The van der Waals surface area contributed by atoms with Crippen molar-refractivity contribution in [3.63, 3.8) is 0 Å². The van der Waals surface area contributed by atoms with Crippen LogP contribution in [0, 0.1) is 10.1 Å². The minimum Gasteiger partial charge on any atom is -0.505 e. The molecule has 0 spiro atoms. The average Bonchev–Trinajstić information content (AvgIpc) is 2.72. The number of phenols is 2. The number of rotatable bonds is 6. The second-order valence-electron chi connectivity index (χ2n) is 6.91. The summed E-state index contributed by atoms with van der Waals surface area (Å²) in [6.07, 6.45) is 0. The molecular weight excluding hydrogens is 512 g/mol. The molecule has 184 valence electrons. The number of nitrogens with one attached hydrogen (secondary N) is 1. The summed E-state index contributed by atoms with van der Waals surface area (Å²) >= 11 is 0.